The van der Waals surface area contributed by atoms with Crippen molar-refractivity contribution >= 4 is 29.2 Å². The van der Waals surface area contributed by atoms with E-state index >= 15 is 0 Å². The highest BCUT2D eigenvalue weighted by molar-refractivity contribution is 6.30. The molecular formula is C19H21ClN2O4. The van der Waals surface area contributed by atoms with E-state index in [1.165, 1.54) is 0 Å². The van der Waals surface area contributed by atoms with Crippen LogP contribution in [0.2, 0.25) is 5.02 Å². The molecule has 0 saturated carbocycles. The minimum Gasteiger partial charge on any atom is -0.497 e. The van der Waals surface area contributed by atoms with Gasteiger partial charge in [-0.1, -0.05) is 29.8 Å². The molecule has 7 heteroatoms. The number of carboxylic acid groups (broad SMARTS) is 1. The van der Waals surface area contributed by atoms with Crippen molar-refractivity contribution in [2.45, 2.75) is 18.9 Å². The molecule has 2 aromatic rings. The van der Waals surface area contributed by atoms with Gasteiger partial charge in [0.05, 0.1) is 13.5 Å². The molecule has 2 aromatic carbocycles. The fourth-order valence-corrected chi connectivity index (χ4v) is 2.58. The van der Waals surface area contributed by atoms with Gasteiger partial charge in [-0.2, -0.15) is 0 Å². The summed E-state index contributed by atoms with van der Waals surface area (Å²) in [5, 5.41) is 15.4. The normalized spacial score (nSPS) is 11.6. The van der Waals surface area contributed by atoms with Crippen LogP contribution < -0.4 is 15.4 Å². The summed E-state index contributed by atoms with van der Waals surface area (Å²) in [6.07, 6.45) is 0.466. The van der Waals surface area contributed by atoms with Crippen molar-refractivity contribution in [1.29, 1.82) is 0 Å². The monoisotopic (exact) mass is 376 g/mol. The van der Waals surface area contributed by atoms with Crippen LogP contribution in [0.25, 0.3) is 0 Å². The van der Waals surface area contributed by atoms with Crippen molar-refractivity contribution in [3.63, 3.8) is 0 Å². The Morgan fingerprint density at radius 3 is 2.54 bits per heavy atom. The number of carboxylic acids is 1. The summed E-state index contributed by atoms with van der Waals surface area (Å²) < 4.78 is 5.10. The number of carbonyl (C=O) groups excluding carboxylic acids is 1. The molecule has 0 spiro atoms. The van der Waals surface area contributed by atoms with Crippen molar-refractivity contribution in [3.05, 3.63) is 59.1 Å². The molecule has 0 saturated heterocycles. The number of halogens is 1. The van der Waals surface area contributed by atoms with E-state index in [0.717, 1.165) is 11.3 Å². The lowest BCUT2D eigenvalue weighted by Crippen LogP contribution is -2.40. The van der Waals surface area contributed by atoms with E-state index in [0.29, 0.717) is 23.7 Å². The Balaban J connectivity index is 1.83. The minimum absolute atomic E-state index is 0.176. The highest BCUT2D eigenvalue weighted by Gasteiger charge is 2.20. The first kappa shape index (κ1) is 19.8. The molecule has 2 rings (SSSR count). The SMILES string of the molecule is COc1ccc(CCN[C@H](CC(=O)Nc2cccc(Cl)c2)C(=O)O)cc1. The minimum atomic E-state index is -1.07. The van der Waals surface area contributed by atoms with Crippen LogP contribution in [-0.2, 0) is 16.0 Å². The van der Waals surface area contributed by atoms with Crippen molar-refractivity contribution in [2.24, 2.45) is 0 Å². The van der Waals surface area contributed by atoms with Crippen molar-refractivity contribution in [2.75, 3.05) is 19.0 Å². The van der Waals surface area contributed by atoms with Gasteiger partial charge in [-0.25, -0.2) is 0 Å². The summed E-state index contributed by atoms with van der Waals surface area (Å²) in [4.78, 5) is 23.5. The average molecular weight is 377 g/mol. The molecule has 0 aliphatic rings. The highest BCUT2D eigenvalue weighted by atomic mass is 35.5. The maximum atomic E-state index is 12.1. The van der Waals surface area contributed by atoms with E-state index in [1.54, 1.807) is 31.4 Å². The van der Waals surface area contributed by atoms with E-state index in [4.69, 9.17) is 16.3 Å². The smallest absolute Gasteiger partial charge is 0.321 e. The van der Waals surface area contributed by atoms with E-state index in [-0.39, 0.29) is 6.42 Å². The molecule has 0 heterocycles. The Hall–Kier alpha value is -2.57. The van der Waals surface area contributed by atoms with Gasteiger partial charge < -0.3 is 20.5 Å². The second-order valence-corrected chi connectivity index (χ2v) is 6.14. The van der Waals surface area contributed by atoms with Crippen LogP contribution in [0.3, 0.4) is 0 Å². The molecular weight excluding hydrogens is 356 g/mol. The van der Waals surface area contributed by atoms with Crippen molar-refractivity contribution in [3.8, 4) is 5.75 Å². The van der Waals surface area contributed by atoms with E-state index in [1.807, 2.05) is 24.3 Å². The van der Waals surface area contributed by atoms with Crippen LogP contribution in [-0.4, -0.2) is 36.7 Å². The lowest BCUT2D eigenvalue weighted by molar-refractivity contribution is -0.141. The number of methoxy groups -OCH3 is 1. The largest absolute Gasteiger partial charge is 0.497 e. The van der Waals surface area contributed by atoms with E-state index in [2.05, 4.69) is 10.6 Å². The van der Waals surface area contributed by atoms with Gasteiger partial charge in [-0.15, -0.1) is 0 Å². The average Bonchev–Trinajstić information content (AvgIpc) is 2.61. The second-order valence-electron chi connectivity index (χ2n) is 5.71. The molecule has 0 radical (unpaired) electrons. The van der Waals surface area contributed by atoms with Crippen LogP contribution in [0.1, 0.15) is 12.0 Å². The number of hydrogen-bond donors (Lipinski definition) is 3. The highest BCUT2D eigenvalue weighted by Crippen LogP contribution is 2.15. The molecule has 0 bridgehead atoms. The summed E-state index contributed by atoms with van der Waals surface area (Å²) >= 11 is 5.86. The van der Waals surface area contributed by atoms with E-state index in [9.17, 15) is 14.7 Å². The molecule has 1 atom stereocenters. The van der Waals surface area contributed by atoms with Crippen LogP contribution in [0.15, 0.2) is 48.5 Å². The number of hydrogen-bond acceptors (Lipinski definition) is 4. The van der Waals surface area contributed by atoms with Crippen molar-refractivity contribution < 1.29 is 19.4 Å². The summed E-state index contributed by atoms with van der Waals surface area (Å²) in [7, 11) is 1.60. The Labute approximate surface area is 157 Å². The number of rotatable bonds is 9. The van der Waals surface area contributed by atoms with Gasteiger partial charge in [0.2, 0.25) is 5.91 Å². The first-order valence-corrected chi connectivity index (χ1v) is 8.50. The standard InChI is InChI=1S/C19H21ClN2O4/c1-26-16-7-5-13(6-8-16)9-10-21-17(19(24)25)12-18(23)22-15-4-2-3-14(20)11-15/h2-8,11,17,21H,9-10,12H2,1H3,(H,22,23)(H,24,25)/t17-/m1/s1. The third-order valence-electron chi connectivity index (χ3n) is 3.76. The molecule has 0 fully saturated rings. The molecule has 0 aromatic heterocycles. The maximum absolute atomic E-state index is 12.1. The quantitative estimate of drug-likeness (QED) is 0.626. The zero-order valence-electron chi connectivity index (χ0n) is 14.4. The summed E-state index contributed by atoms with van der Waals surface area (Å²) in [5.41, 5.74) is 1.58. The number of anilines is 1. The molecule has 0 unspecified atom stereocenters. The maximum Gasteiger partial charge on any atom is 0.321 e. The fraction of sp³-hybridized carbons (Fsp3) is 0.263. The van der Waals surface area contributed by atoms with Crippen LogP contribution in [0.4, 0.5) is 5.69 Å². The Kier molecular flexibility index (Phi) is 7.44. The lowest BCUT2D eigenvalue weighted by Gasteiger charge is -2.14. The third-order valence-corrected chi connectivity index (χ3v) is 3.99. The van der Waals surface area contributed by atoms with Crippen LogP contribution >= 0.6 is 11.6 Å². The number of aliphatic carboxylic acids is 1. The van der Waals surface area contributed by atoms with Gasteiger partial charge in [0.15, 0.2) is 0 Å². The summed E-state index contributed by atoms with van der Waals surface area (Å²) in [5.74, 6) is -0.694. The molecule has 138 valence electrons. The topological polar surface area (TPSA) is 87.7 Å². The van der Waals surface area contributed by atoms with Gasteiger partial charge in [0.25, 0.3) is 0 Å². The van der Waals surface area contributed by atoms with Crippen molar-refractivity contribution in [1.82, 2.24) is 5.32 Å². The third kappa shape index (κ3) is 6.38. The van der Waals surface area contributed by atoms with Gasteiger partial charge in [0.1, 0.15) is 11.8 Å². The number of nitrogens with one attached hydrogen (secondary N) is 2. The molecule has 0 aliphatic heterocycles. The Morgan fingerprint density at radius 2 is 1.92 bits per heavy atom. The van der Waals surface area contributed by atoms with Gasteiger partial charge in [-0.3, -0.25) is 9.59 Å². The first-order valence-electron chi connectivity index (χ1n) is 8.12. The zero-order valence-corrected chi connectivity index (χ0v) is 15.1. The molecule has 3 N–H and O–H groups in total. The van der Waals surface area contributed by atoms with Gasteiger partial charge in [0, 0.05) is 10.7 Å². The molecule has 26 heavy (non-hydrogen) atoms. The molecule has 0 aliphatic carbocycles. The fourth-order valence-electron chi connectivity index (χ4n) is 2.39. The number of carbonyl (C=O) groups is 2. The number of amides is 1. The summed E-state index contributed by atoms with van der Waals surface area (Å²) in [6, 6.07) is 13.3. The predicted molar refractivity (Wildman–Crippen MR) is 101 cm³/mol. The lowest BCUT2D eigenvalue weighted by atomic mass is 10.1. The molecule has 6 nitrogen and oxygen atoms in total. The second kappa shape index (κ2) is 9.79. The Morgan fingerprint density at radius 1 is 1.19 bits per heavy atom. The van der Waals surface area contributed by atoms with E-state index < -0.39 is 17.9 Å². The Bertz CT molecular complexity index is 749. The van der Waals surface area contributed by atoms with Crippen LogP contribution in [0, 0.1) is 0 Å². The predicted octanol–water partition coefficient (Wildman–Crippen LogP) is 2.96. The summed E-state index contributed by atoms with van der Waals surface area (Å²) in [6.45, 7) is 0.438. The zero-order chi connectivity index (χ0) is 18.9. The number of ether oxygens (including phenoxy) is 1. The van der Waals surface area contributed by atoms with Crippen LogP contribution in [0.5, 0.6) is 5.75 Å². The number of benzene rings is 2. The van der Waals surface area contributed by atoms with Gasteiger partial charge >= 0.3 is 5.97 Å². The first-order chi connectivity index (χ1) is 12.5. The molecule has 1 amide bonds. The van der Waals surface area contributed by atoms with Gasteiger partial charge in [-0.05, 0) is 48.9 Å².